The smallest absolute Gasteiger partial charge is 0.133 e. The van der Waals surface area contributed by atoms with Gasteiger partial charge in [0.25, 0.3) is 0 Å². The second-order valence-electron chi connectivity index (χ2n) is 3.56. The van der Waals surface area contributed by atoms with Crippen molar-refractivity contribution in [2.45, 2.75) is 6.42 Å². The molecule has 17 heavy (non-hydrogen) atoms. The van der Waals surface area contributed by atoms with Crippen molar-refractivity contribution in [3.05, 3.63) is 34.9 Å². The van der Waals surface area contributed by atoms with Gasteiger partial charge >= 0.3 is 0 Å². The average molecular weight is 317 g/mol. The average Bonchev–Trinajstić information content (AvgIpc) is 2.31. The molecule has 3 N–H and O–H groups in total. The molecule has 0 fully saturated rings. The zero-order chi connectivity index (χ0) is 11.4. The minimum atomic E-state index is 0. The van der Waals surface area contributed by atoms with Gasteiger partial charge in [-0.25, -0.2) is 4.98 Å². The molecule has 1 aromatic carbocycles. The van der Waals surface area contributed by atoms with Gasteiger partial charge in [0.2, 0.25) is 0 Å². The first-order valence-corrected chi connectivity index (χ1v) is 6.09. The third-order valence-electron chi connectivity index (χ3n) is 2.43. The molecule has 92 valence electrons. The topological polar surface area (TPSA) is 50.9 Å². The first kappa shape index (κ1) is 14.2. The summed E-state index contributed by atoms with van der Waals surface area (Å²) in [5.74, 6) is 0.923. The third-order valence-corrected chi connectivity index (χ3v) is 3.12. The maximum Gasteiger partial charge on any atom is 0.133 e. The largest absolute Gasteiger partial charge is 0.370 e. The highest BCUT2D eigenvalue weighted by Gasteiger charge is 2.03. The number of hydrogen-bond acceptors (Lipinski definition) is 3. The number of aromatic nitrogens is 1. The van der Waals surface area contributed by atoms with Crippen molar-refractivity contribution in [1.29, 1.82) is 0 Å². The lowest BCUT2D eigenvalue weighted by Gasteiger charge is -2.08. The molecular formula is C12H15BrClN3. The Kier molecular flexibility index (Phi) is 5.68. The highest BCUT2D eigenvalue weighted by molar-refractivity contribution is 9.10. The molecule has 1 aromatic heterocycles. The van der Waals surface area contributed by atoms with Crippen LogP contribution in [0.3, 0.4) is 0 Å². The number of nitrogens with two attached hydrogens (primary N) is 1. The minimum absolute atomic E-state index is 0. The zero-order valence-electron chi connectivity index (χ0n) is 9.32. The van der Waals surface area contributed by atoms with Crippen LogP contribution in [0.25, 0.3) is 10.8 Å². The Morgan fingerprint density at radius 2 is 2.06 bits per heavy atom. The molecular weight excluding hydrogens is 302 g/mol. The maximum absolute atomic E-state index is 5.46. The van der Waals surface area contributed by atoms with E-state index < -0.39 is 0 Å². The zero-order valence-corrected chi connectivity index (χ0v) is 11.7. The van der Waals surface area contributed by atoms with Crippen LogP contribution in [0.5, 0.6) is 0 Å². The van der Waals surface area contributed by atoms with E-state index in [1.165, 1.54) is 5.39 Å². The minimum Gasteiger partial charge on any atom is -0.370 e. The first-order chi connectivity index (χ1) is 7.83. The van der Waals surface area contributed by atoms with Crippen LogP contribution >= 0.6 is 28.3 Å². The number of fused-ring (bicyclic) bond motifs is 1. The molecule has 5 heteroatoms. The number of anilines is 1. The van der Waals surface area contributed by atoms with Crippen molar-refractivity contribution in [3.63, 3.8) is 0 Å². The summed E-state index contributed by atoms with van der Waals surface area (Å²) in [6.45, 7) is 1.55. The molecule has 0 aliphatic heterocycles. The summed E-state index contributed by atoms with van der Waals surface area (Å²) in [7, 11) is 0. The summed E-state index contributed by atoms with van der Waals surface area (Å²) >= 11 is 3.54. The van der Waals surface area contributed by atoms with Crippen molar-refractivity contribution in [2.24, 2.45) is 5.73 Å². The van der Waals surface area contributed by atoms with Gasteiger partial charge in [-0.1, -0.05) is 28.1 Å². The third kappa shape index (κ3) is 3.31. The Hall–Kier alpha value is -0.840. The summed E-state index contributed by atoms with van der Waals surface area (Å²) in [4.78, 5) is 4.35. The lowest BCUT2D eigenvalue weighted by molar-refractivity contribution is 0.871. The number of hydrogen-bond donors (Lipinski definition) is 2. The monoisotopic (exact) mass is 315 g/mol. The second-order valence-corrected chi connectivity index (χ2v) is 4.42. The fraction of sp³-hybridized carbons (Fsp3) is 0.250. The second kappa shape index (κ2) is 6.79. The molecule has 2 aromatic rings. The summed E-state index contributed by atoms with van der Waals surface area (Å²) < 4.78 is 1.09. The van der Waals surface area contributed by atoms with E-state index in [9.17, 15) is 0 Å². The van der Waals surface area contributed by atoms with E-state index in [0.29, 0.717) is 6.54 Å². The molecule has 0 aliphatic carbocycles. The SMILES string of the molecule is Cl.NCCCNc1nccc2c(Br)cccc12. The summed E-state index contributed by atoms with van der Waals surface area (Å²) in [5.41, 5.74) is 5.46. The van der Waals surface area contributed by atoms with Gasteiger partial charge in [0, 0.05) is 28.0 Å². The van der Waals surface area contributed by atoms with Crippen molar-refractivity contribution in [2.75, 3.05) is 18.4 Å². The Balaban J connectivity index is 0.00000144. The van der Waals surface area contributed by atoms with Crippen LogP contribution in [0.15, 0.2) is 34.9 Å². The van der Waals surface area contributed by atoms with Crippen LogP contribution in [-0.4, -0.2) is 18.1 Å². The number of nitrogens with zero attached hydrogens (tertiary/aromatic N) is 1. The molecule has 0 aliphatic rings. The Morgan fingerprint density at radius 3 is 2.82 bits per heavy atom. The van der Waals surface area contributed by atoms with Crippen LogP contribution in [0, 0.1) is 0 Å². The standard InChI is InChI=1S/C12H14BrN3.ClH/c13-11-4-1-3-10-9(11)5-8-16-12(10)15-7-2-6-14;/h1,3-5,8H,2,6-7,14H2,(H,15,16);1H. The number of pyridine rings is 1. The molecule has 0 radical (unpaired) electrons. The lowest BCUT2D eigenvalue weighted by Crippen LogP contribution is -2.09. The highest BCUT2D eigenvalue weighted by atomic mass is 79.9. The molecule has 0 amide bonds. The van der Waals surface area contributed by atoms with Crippen LogP contribution < -0.4 is 11.1 Å². The molecule has 2 rings (SSSR count). The number of rotatable bonds is 4. The summed E-state index contributed by atoms with van der Waals surface area (Å²) in [5, 5.41) is 5.61. The van der Waals surface area contributed by atoms with Gasteiger partial charge in [0.1, 0.15) is 5.82 Å². The molecule has 0 bridgehead atoms. The summed E-state index contributed by atoms with van der Waals surface area (Å²) in [6.07, 6.45) is 2.77. The normalized spacial score (nSPS) is 10.0. The van der Waals surface area contributed by atoms with Crippen molar-refractivity contribution < 1.29 is 0 Å². The van der Waals surface area contributed by atoms with Crippen LogP contribution in [0.2, 0.25) is 0 Å². The molecule has 0 unspecified atom stereocenters. The van der Waals surface area contributed by atoms with Gasteiger partial charge in [0.15, 0.2) is 0 Å². The van der Waals surface area contributed by atoms with Crippen molar-refractivity contribution in [3.8, 4) is 0 Å². The van der Waals surface area contributed by atoms with E-state index in [0.717, 1.165) is 28.6 Å². The van der Waals surface area contributed by atoms with Gasteiger partial charge in [-0.2, -0.15) is 0 Å². The predicted molar refractivity (Wildman–Crippen MR) is 78.9 cm³/mol. The van der Waals surface area contributed by atoms with Gasteiger partial charge < -0.3 is 11.1 Å². The van der Waals surface area contributed by atoms with Crippen LogP contribution in [0.4, 0.5) is 5.82 Å². The summed E-state index contributed by atoms with van der Waals surface area (Å²) in [6, 6.07) is 8.12. The fourth-order valence-corrected chi connectivity index (χ4v) is 2.12. The quantitative estimate of drug-likeness (QED) is 0.852. The van der Waals surface area contributed by atoms with E-state index in [1.54, 1.807) is 0 Å². The Labute approximate surface area is 115 Å². The van der Waals surface area contributed by atoms with E-state index in [-0.39, 0.29) is 12.4 Å². The van der Waals surface area contributed by atoms with Crippen molar-refractivity contribution >= 4 is 44.9 Å². The molecule has 1 heterocycles. The maximum atomic E-state index is 5.46. The van der Waals surface area contributed by atoms with E-state index in [2.05, 4.69) is 32.3 Å². The number of nitrogens with one attached hydrogen (secondary N) is 1. The highest BCUT2D eigenvalue weighted by Crippen LogP contribution is 2.27. The lowest BCUT2D eigenvalue weighted by atomic mass is 10.1. The molecule has 0 saturated heterocycles. The van der Waals surface area contributed by atoms with E-state index in [4.69, 9.17) is 5.73 Å². The predicted octanol–water partition coefficient (Wildman–Crippen LogP) is 3.18. The van der Waals surface area contributed by atoms with Gasteiger partial charge in [-0.05, 0) is 25.1 Å². The van der Waals surface area contributed by atoms with Crippen LogP contribution in [-0.2, 0) is 0 Å². The number of benzene rings is 1. The fourth-order valence-electron chi connectivity index (χ4n) is 1.62. The molecule has 0 saturated carbocycles. The molecule has 0 atom stereocenters. The molecule has 0 spiro atoms. The Bertz CT molecular complexity index is 490. The molecule has 3 nitrogen and oxygen atoms in total. The first-order valence-electron chi connectivity index (χ1n) is 5.30. The number of halogens is 2. The van der Waals surface area contributed by atoms with E-state index in [1.807, 2.05) is 24.4 Å². The van der Waals surface area contributed by atoms with Gasteiger partial charge in [-0.3, -0.25) is 0 Å². The van der Waals surface area contributed by atoms with Crippen molar-refractivity contribution in [1.82, 2.24) is 4.98 Å². The van der Waals surface area contributed by atoms with Crippen LogP contribution in [0.1, 0.15) is 6.42 Å². The van der Waals surface area contributed by atoms with E-state index >= 15 is 0 Å². The van der Waals surface area contributed by atoms with Gasteiger partial charge in [-0.15, -0.1) is 12.4 Å². The van der Waals surface area contributed by atoms with Gasteiger partial charge in [0.05, 0.1) is 0 Å². The Morgan fingerprint density at radius 1 is 1.24 bits per heavy atom.